The van der Waals surface area contributed by atoms with Gasteiger partial charge in [0.05, 0.1) is 5.25 Å². The van der Waals surface area contributed by atoms with E-state index in [-0.39, 0.29) is 11.3 Å². The average Bonchev–Trinajstić information content (AvgIpc) is 2.49. The fourth-order valence-corrected chi connectivity index (χ4v) is 5.56. The first-order valence-electron chi connectivity index (χ1n) is 8.16. The summed E-state index contributed by atoms with van der Waals surface area (Å²) in [5, 5.41) is 3.90. The molecule has 21 heavy (non-hydrogen) atoms. The second kappa shape index (κ2) is 7.55. The van der Waals surface area contributed by atoms with Gasteiger partial charge in [0.2, 0.25) is 0 Å². The first-order chi connectivity index (χ1) is 10.0. The average molecular weight is 308 g/mol. The van der Waals surface area contributed by atoms with Crippen LogP contribution in [0, 0.1) is 12.8 Å². The van der Waals surface area contributed by atoms with Crippen LogP contribution in [0.25, 0.3) is 0 Å². The predicted molar refractivity (Wildman–Crippen MR) is 92.0 cm³/mol. The van der Waals surface area contributed by atoms with E-state index in [9.17, 15) is 4.21 Å². The highest BCUT2D eigenvalue weighted by atomic mass is 32.2. The molecule has 0 heterocycles. The molecule has 0 amide bonds. The van der Waals surface area contributed by atoms with Gasteiger partial charge in [0, 0.05) is 22.1 Å². The Bertz CT molecular complexity index is 471. The minimum Gasteiger partial charge on any atom is -0.312 e. The molecule has 1 fully saturated rings. The van der Waals surface area contributed by atoms with Crippen molar-refractivity contribution < 1.29 is 4.21 Å². The Kier molecular flexibility index (Phi) is 6.00. The van der Waals surface area contributed by atoms with E-state index < -0.39 is 10.8 Å². The molecule has 1 saturated carbocycles. The molecule has 0 aromatic heterocycles. The molecular weight excluding hydrogens is 278 g/mol. The molecule has 5 unspecified atom stereocenters. The zero-order chi connectivity index (χ0) is 15.4. The minimum atomic E-state index is -0.770. The summed E-state index contributed by atoms with van der Waals surface area (Å²) in [6, 6.07) is 8.76. The molecule has 118 valence electrons. The number of aryl methyl sites for hydroxylation is 1. The molecule has 1 N–H and O–H groups in total. The molecule has 1 aliphatic carbocycles. The first-order valence-corrected chi connectivity index (χ1v) is 9.43. The topological polar surface area (TPSA) is 29.1 Å². The van der Waals surface area contributed by atoms with Gasteiger partial charge in [-0.1, -0.05) is 49.6 Å². The zero-order valence-corrected chi connectivity index (χ0v) is 14.6. The van der Waals surface area contributed by atoms with E-state index >= 15 is 0 Å². The van der Waals surface area contributed by atoms with Crippen LogP contribution >= 0.6 is 0 Å². The molecule has 1 aromatic rings. The second-order valence-electron chi connectivity index (χ2n) is 6.60. The first kappa shape index (κ1) is 16.7. The van der Waals surface area contributed by atoms with Crippen LogP contribution in [0.4, 0.5) is 0 Å². The van der Waals surface area contributed by atoms with Gasteiger partial charge in [-0.3, -0.25) is 4.21 Å². The largest absolute Gasteiger partial charge is 0.312 e. The van der Waals surface area contributed by atoms with Gasteiger partial charge in [0.1, 0.15) is 0 Å². The maximum atomic E-state index is 13.0. The third-order valence-electron chi connectivity index (χ3n) is 4.80. The van der Waals surface area contributed by atoms with E-state index in [0.717, 1.165) is 18.8 Å². The highest BCUT2D eigenvalue weighted by Gasteiger charge is 2.31. The van der Waals surface area contributed by atoms with Crippen LogP contribution in [0.15, 0.2) is 24.3 Å². The Balaban J connectivity index is 2.10. The van der Waals surface area contributed by atoms with Crippen LogP contribution in [0.1, 0.15) is 56.7 Å². The van der Waals surface area contributed by atoms with E-state index in [1.54, 1.807) is 0 Å². The highest BCUT2D eigenvalue weighted by Crippen LogP contribution is 2.31. The summed E-state index contributed by atoms with van der Waals surface area (Å²) in [6.45, 7) is 6.53. The summed E-state index contributed by atoms with van der Waals surface area (Å²) in [5.74, 6) is 0.729. The molecule has 0 spiro atoms. The van der Waals surface area contributed by atoms with Crippen molar-refractivity contribution in [3.05, 3.63) is 35.4 Å². The second-order valence-corrected chi connectivity index (χ2v) is 8.67. The number of hydrogen-bond donors (Lipinski definition) is 1. The molecular formula is C18H29NOS. The molecule has 0 bridgehead atoms. The summed E-state index contributed by atoms with van der Waals surface area (Å²) >= 11 is 0. The lowest BCUT2D eigenvalue weighted by Gasteiger charge is -2.31. The Hall–Kier alpha value is -0.670. The third-order valence-corrected chi connectivity index (χ3v) is 6.89. The van der Waals surface area contributed by atoms with Crippen molar-refractivity contribution >= 4 is 10.8 Å². The van der Waals surface area contributed by atoms with Crippen LogP contribution < -0.4 is 5.32 Å². The standard InChI is InChI=1S/C18H29NOS/c1-13-8-10-16(11-9-13)18(19-4)15(3)21(20)17-7-5-6-14(2)12-17/h8-11,14-15,17-19H,5-7,12H2,1-4H3. The lowest BCUT2D eigenvalue weighted by Crippen LogP contribution is -2.36. The van der Waals surface area contributed by atoms with Crippen LogP contribution in [0.3, 0.4) is 0 Å². The van der Waals surface area contributed by atoms with Gasteiger partial charge < -0.3 is 5.32 Å². The van der Waals surface area contributed by atoms with Crippen molar-refractivity contribution in [1.82, 2.24) is 5.32 Å². The number of hydrogen-bond acceptors (Lipinski definition) is 2. The van der Waals surface area contributed by atoms with E-state index in [2.05, 4.69) is 50.4 Å². The minimum absolute atomic E-state index is 0.146. The lowest BCUT2D eigenvalue weighted by molar-refractivity contribution is 0.387. The van der Waals surface area contributed by atoms with Gasteiger partial charge in [0.25, 0.3) is 0 Å². The summed E-state index contributed by atoms with van der Waals surface area (Å²) in [6.07, 6.45) is 4.79. The van der Waals surface area contributed by atoms with E-state index in [4.69, 9.17) is 0 Å². The summed E-state index contributed by atoms with van der Waals surface area (Å²) in [7, 11) is 1.20. The molecule has 0 saturated heterocycles. The van der Waals surface area contributed by atoms with Gasteiger partial charge in [0.15, 0.2) is 0 Å². The summed E-state index contributed by atoms with van der Waals surface area (Å²) in [4.78, 5) is 0. The molecule has 2 nitrogen and oxygen atoms in total. The monoisotopic (exact) mass is 307 g/mol. The van der Waals surface area contributed by atoms with Gasteiger partial charge >= 0.3 is 0 Å². The van der Waals surface area contributed by atoms with Crippen LogP contribution in [0.2, 0.25) is 0 Å². The SMILES string of the molecule is CNC(c1ccc(C)cc1)C(C)S(=O)C1CCCC(C)C1. The fraction of sp³-hybridized carbons (Fsp3) is 0.667. The van der Waals surface area contributed by atoms with Gasteiger partial charge in [-0.05, 0) is 45.2 Å². The Morgan fingerprint density at radius 3 is 2.48 bits per heavy atom. The molecule has 0 radical (unpaired) electrons. The zero-order valence-electron chi connectivity index (χ0n) is 13.8. The van der Waals surface area contributed by atoms with Crippen molar-refractivity contribution in [2.75, 3.05) is 7.05 Å². The van der Waals surface area contributed by atoms with Gasteiger partial charge in [-0.15, -0.1) is 0 Å². The van der Waals surface area contributed by atoms with E-state index in [1.807, 2.05) is 7.05 Å². The van der Waals surface area contributed by atoms with Crippen molar-refractivity contribution in [1.29, 1.82) is 0 Å². The molecule has 1 aliphatic rings. The third kappa shape index (κ3) is 4.17. The van der Waals surface area contributed by atoms with Crippen LogP contribution in [-0.4, -0.2) is 21.8 Å². The molecule has 1 aromatic carbocycles. The predicted octanol–water partition coefficient (Wildman–Crippen LogP) is 3.97. The maximum absolute atomic E-state index is 13.0. The lowest BCUT2D eigenvalue weighted by atomic mass is 9.90. The number of nitrogens with one attached hydrogen (secondary N) is 1. The summed E-state index contributed by atoms with van der Waals surface area (Å²) in [5.41, 5.74) is 2.51. The summed E-state index contributed by atoms with van der Waals surface area (Å²) < 4.78 is 13.0. The van der Waals surface area contributed by atoms with Gasteiger partial charge in [-0.2, -0.15) is 0 Å². The van der Waals surface area contributed by atoms with Crippen molar-refractivity contribution in [2.45, 2.75) is 63.0 Å². The molecule has 3 heteroatoms. The number of rotatable bonds is 5. The maximum Gasteiger partial charge on any atom is 0.0517 e. The van der Waals surface area contributed by atoms with Crippen molar-refractivity contribution in [2.24, 2.45) is 5.92 Å². The van der Waals surface area contributed by atoms with Gasteiger partial charge in [-0.25, -0.2) is 0 Å². The fourth-order valence-electron chi connectivity index (χ4n) is 3.47. The number of benzene rings is 1. The molecule has 2 rings (SSSR count). The highest BCUT2D eigenvalue weighted by molar-refractivity contribution is 7.86. The van der Waals surface area contributed by atoms with Crippen molar-refractivity contribution in [3.8, 4) is 0 Å². The van der Waals surface area contributed by atoms with Crippen LogP contribution in [0.5, 0.6) is 0 Å². The van der Waals surface area contributed by atoms with E-state index in [0.29, 0.717) is 5.25 Å². The Morgan fingerprint density at radius 2 is 1.90 bits per heavy atom. The quantitative estimate of drug-likeness (QED) is 0.892. The molecule has 5 atom stereocenters. The van der Waals surface area contributed by atoms with Crippen LogP contribution in [-0.2, 0) is 10.8 Å². The Morgan fingerprint density at radius 1 is 1.24 bits per heavy atom. The normalized spacial score (nSPS) is 27.0. The van der Waals surface area contributed by atoms with E-state index in [1.165, 1.54) is 24.0 Å². The molecule has 0 aliphatic heterocycles. The smallest absolute Gasteiger partial charge is 0.0517 e. The van der Waals surface area contributed by atoms with Crippen molar-refractivity contribution in [3.63, 3.8) is 0 Å². The Labute approximate surface area is 132 Å².